The van der Waals surface area contributed by atoms with Crippen molar-refractivity contribution in [1.29, 1.82) is 0 Å². The molecule has 1 aromatic rings. The molecule has 1 unspecified atom stereocenters. The van der Waals surface area contributed by atoms with E-state index >= 15 is 0 Å². The van der Waals surface area contributed by atoms with Crippen molar-refractivity contribution >= 4 is 11.6 Å². The first-order valence-electron chi connectivity index (χ1n) is 6.49. The molecule has 1 saturated carbocycles. The molecule has 0 aromatic carbocycles. The summed E-state index contributed by atoms with van der Waals surface area (Å²) in [5.41, 5.74) is -0.112. The monoisotopic (exact) mass is 271 g/mol. The first-order chi connectivity index (χ1) is 8.40. The molecule has 0 aliphatic heterocycles. The van der Waals surface area contributed by atoms with Gasteiger partial charge in [0.2, 0.25) is 0 Å². The Morgan fingerprint density at radius 2 is 2.22 bits per heavy atom. The summed E-state index contributed by atoms with van der Waals surface area (Å²) in [6.07, 6.45) is 4.85. The third kappa shape index (κ3) is 3.25. The van der Waals surface area contributed by atoms with Crippen LogP contribution >= 0.6 is 11.6 Å². The number of nitrogens with zero attached hydrogens (tertiary/aromatic N) is 3. The standard InChI is InChI=1S/C13H22ClN3O/c1-13(18,8-10-4-5-10)12-11(14)9-15-17(12)7-6-16(2)3/h9-10,18H,4-8H2,1-3H3. The average molecular weight is 272 g/mol. The molecule has 5 heteroatoms. The lowest BCUT2D eigenvalue weighted by Gasteiger charge is -2.25. The van der Waals surface area contributed by atoms with Crippen LogP contribution in [0.25, 0.3) is 0 Å². The van der Waals surface area contributed by atoms with Crippen LogP contribution in [0.2, 0.25) is 5.02 Å². The predicted molar refractivity (Wildman–Crippen MR) is 72.7 cm³/mol. The van der Waals surface area contributed by atoms with Crippen molar-refractivity contribution in [3.8, 4) is 0 Å². The van der Waals surface area contributed by atoms with Crippen molar-refractivity contribution in [2.24, 2.45) is 5.92 Å². The molecule has 0 bridgehead atoms. The van der Waals surface area contributed by atoms with Crippen molar-refractivity contribution in [2.75, 3.05) is 20.6 Å². The second kappa shape index (κ2) is 5.19. The number of hydrogen-bond donors (Lipinski definition) is 1. The molecule has 1 aromatic heterocycles. The van der Waals surface area contributed by atoms with Gasteiger partial charge in [0.05, 0.1) is 23.5 Å². The maximum atomic E-state index is 10.7. The second-order valence-corrected chi connectivity index (χ2v) is 6.20. The third-order valence-corrected chi connectivity index (χ3v) is 3.72. The third-order valence-electron chi connectivity index (χ3n) is 3.45. The molecule has 0 spiro atoms. The van der Waals surface area contributed by atoms with E-state index in [1.165, 1.54) is 12.8 Å². The maximum absolute atomic E-state index is 10.7. The van der Waals surface area contributed by atoms with E-state index in [1.807, 2.05) is 25.7 Å². The smallest absolute Gasteiger partial charge is 0.105 e. The van der Waals surface area contributed by atoms with Crippen LogP contribution in [-0.2, 0) is 12.1 Å². The first-order valence-corrected chi connectivity index (χ1v) is 6.87. The fourth-order valence-electron chi connectivity index (χ4n) is 2.34. The van der Waals surface area contributed by atoms with Gasteiger partial charge in [0, 0.05) is 6.54 Å². The highest BCUT2D eigenvalue weighted by molar-refractivity contribution is 6.31. The zero-order valence-electron chi connectivity index (χ0n) is 11.4. The summed E-state index contributed by atoms with van der Waals surface area (Å²) >= 11 is 6.19. The van der Waals surface area contributed by atoms with E-state index < -0.39 is 5.60 Å². The van der Waals surface area contributed by atoms with E-state index in [0.29, 0.717) is 10.9 Å². The zero-order valence-corrected chi connectivity index (χ0v) is 12.1. The summed E-state index contributed by atoms with van der Waals surface area (Å²) < 4.78 is 1.84. The Hall–Kier alpha value is -0.580. The fraction of sp³-hybridized carbons (Fsp3) is 0.769. The Morgan fingerprint density at radius 1 is 1.56 bits per heavy atom. The minimum Gasteiger partial charge on any atom is -0.384 e. The van der Waals surface area contributed by atoms with E-state index in [1.54, 1.807) is 6.20 Å². The van der Waals surface area contributed by atoms with E-state index in [2.05, 4.69) is 10.00 Å². The normalized spacial score (nSPS) is 19.2. The van der Waals surface area contributed by atoms with Gasteiger partial charge in [-0.3, -0.25) is 4.68 Å². The first kappa shape index (κ1) is 13.8. The lowest BCUT2D eigenvalue weighted by atomic mass is 9.95. The molecule has 0 amide bonds. The van der Waals surface area contributed by atoms with E-state index in [-0.39, 0.29) is 0 Å². The van der Waals surface area contributed by atoms with Crippen LogP contribution in [0.1, 0.15) is 31.9 Å². The second-order valence-electron chi connectivity index (χ2n) is 5.79. The van der Waals surface area contributed by atoms with Crippen LogP contribution in [0.4, 0.5) is 0 Å². The minimum atomic E-state index is -0.874. The summed E-state index contributed by atoms with van der Waals surface area (Å²) in [4.78, 5) is 2.09. The van der Waals surface area contributed by atoms with Crippen molar-refractivity contribution in [2.45, 2.75) is 38.3 Å². The molecule has 0 saturated heterocycles. The molecule has 1 N–H and O–H groups in total. The highest BCUT2D eigenvalue weighted by atomic mass is 35.5. The average Bonchev–Trinajstić information content (AvgIpc) is 2.95. The van der Waals surface area contributed by atoms with Crippen LogP contribution in [0.3, 0.4) is 0 Å². The van der Waals surface area contributed by atoms with Crippen molar-refractivity contribution < 1.29 is 5.11 Å². The van der Waals surface area contributed by atoms with Crippen molar-refractivity contribution in [3.05, 3.63) is 16.9 Å². The molecule has 0 radical (unpaired) electrons. The molecule has 1 heterocycles. The summed E-state index contributed by atoms with van der Waals surface area (Å²) in [6.45, 7) is 3.47. The summed E-state index contributed by atoms with van der Waals surface area (Å²) in [5, 5.41) is 15.5. The van der Waals surface area contributed by atoms with Gasteiger partial charge in [0.15, 0.2) is 0 Å². The number of likely N-dealkylation sites (N-methyl/N-ethyl adjacent to an activating group) is 1. The molecule has 102 valence electrons. The Labute approximate surface area is 114 Å². The van der Waals surface area contributed by atoms with Crippen molar-refractivity contribution in [3.63, 3.8) is 0 Å². The zero-order chi connectivity index (χ0) is 13.3. The molecule has 1 fully saturated rings. The van der Waals surface area contributed by atoms with E-state index in [0.717, 1.165) is 25.2 Å². The predicted octanol–water partition coefficient (Wildman–Crippen LogP) is 2.11. The highest BCUT2D eigenvalue weighted by Crippen LogP contribution is 2.42. The largest absolute Gasteiger partial charge is 0.384 e. The van der Waals surface area contributed by atoms with Gasteiger partial charge in [-0.1, -0.05) is 24.4 Å². The Balaban J connectivity index is 2.16. The van der Waals surface area contributed by atoms with Crippen LogP contribution < -0.4 is 0 Å². The quantitative estimate of drug-likeness (QED) is 0.862. The van der Waals surface area contributed by atoms with Gasteiger partial charge < -0.3 is 10.0 Å². The number of hydrogen-bond acceptors (Lipinski definition) is 3. The molecule has 18 heavy (non-hydrogen) atoms. The van der Waals surface area contributed by atoms with Gasteiger partial charge >= 0.3 is 0 Å². The Bertz CT molecular complexity index is 410. The molecule has 2 rings (SSSR count). The van der Waals surface area contributed by atoms with Gasteiger partial charge in [0.25, 0.3) is 0 Å². The van der Waals surface area contributed by atoms with Gasteiger partial charge in [0.1, 0.15) is 5.60 Å². The molecular weight excluding hydrogens is 250 g/mol. The van der Waals surface area contributed by atoms with Crippen molar-refractivity contribution in [1.82, 2.24) is 14.7 Å². The molecule has 1 aliphatic rings. The maximum Gasteiger partial charge on any atom is 0.105 e. The lowest BCUT2D eigenvalue weighted by Crippen LogP contribution is -2.29. The Morgan fingerprint density at radius 3 is 2.78 bits per heavy atom. The van der Waals surface area contributed by atoms with Gasteiger partial charge in [-0.25, -0.2) is 0 Å². The number of halogens is 1. The lowest BCUT2D eigenvalue weighted by molar-refractivity contribution is 0.0322. The number of aromatic nitrogens is 2. The molecule has 1 atom stereocenters. The van der Waals surface area contributed by atoms with Gasteiger partial charge in [-0.05, 0) is 33.4 Å². The highest BCUT2D eigenvalue weighted by Gasteiger charge is 2.36. The van der Waals surface area contributed by atoms with Crippen LogP contribution in [-0.4, -0.2) is 40.4 Å². The van der Waals surface area contributed by atoms with Crippen LogP contribution in [0.5, 0.6) is 0 Å². The number of aliphatic hydroxyl groups is 1. The van der Waals surface area contributed by atoms with Gasteiger partial charge in [-0.15, -0.1) is 0 Å². The SMILES string of the molecule is CN(C)CCn1ncc(Cl)c1C(C)(O)CC1CC1. The summed E-state index contributed by atoms with van der Waals surface area (Å²) in [5.74, 6) is 0.647. The van der Waals surface area contributed by atoms with E-state index in [9.17, 15) is 5.11 Å². The van der Waals surface area contributed by atoms with Crippen LogP contribution in [0.15, 0.2) is 6.20 Å². The molecule has 1 aliphatic carbocycles. The number of rotatable bonds is 6. The van der Waals surface area contributed by atoms with Crippen LogP contribution in [0, 0.1) is 5.92 Å². The minimum absolute atomic E-state index is 0.569. The summed E-state index contributed by atoms with van der Waals surface area (Å²) in [7, 11) is 4.04. The summed E-state index contributed by atoms with van der Waals surface area (Å²) in [6, 6.07) is 0. The van der Waals surface area contributed by atoms with Gasteiger partial charge in [-0.2, -0.15) is 5.10 Å². The van der Waals surface area contributed by atoms with E-state index in [4.69, 9.17) is 11.6 Å². The fourth-order valence-corrected chi connectivity index (χ4v) is 2.69. The topological polar surface area (TPSA) is 41.3 Å². The molecule has 4 nitrogen and oxygen atoms in total. The molecular formula is C13H22ClN3O. The Kier molecular flexibility index (Phi) is 3.99.